The molecule has 0 fully saturated rings. The molecule has 3 N–H and O–H groups in total. The molecule has 7 heteroatoms. The van der Waals surface area contributed by atoms with Gasteiger partial charge in [0, 0.05) is 16.6 Å². The molecule has 0 aliphatic rings. The Kier molecular flexibility index (Phi) is 3.47. The molecule has 0 saturated heterocycles. The van der Waals surface area contributed by atoms with Gasteiger partial charge in [-0.1, -0.05) is 6.07 Å². The highest BCUT2D eigenvalue weighted by molar-refractivity contribution is 6.17. The van der Waals surface area contributed by atoms with Gasteiger partial charge < -0.3 is 5.73 Å². The number of benzene rings is 2. The van der Waals surface area contributed by atoms with Crippen LogP contribution in [0.2, 0.25) is 0 Å². The first-order valence-electron chi connectivity index (χ1n) is 6.89. The number of nitrogen functional groups attached to an aromatic ring is 1. The molecule has 0 aliphatic carbocycles. The van der Waals surface area contributed by atoms with E-state index in [4.69, 9.17) is 11.0 Å². The number of nitrogens with one attached hydrogen (secondary N) is 1. The van der Waals surface area contributed by atoms with Gasteiger partial charge in [-0.2, -0.15) is 15.6 Å². The van der Waals surface area contributed by atoms with E-state index in [1.54, 1.807) is 6.92 Å². The van der Waals surface area contributed by atoms with Gasteiger partial charge in [-0.15, -0.1) is 0 Å². The number of aromatic nitrogens is 2. The normalized spacial score (nSPS) is 10.3. The van der Waals surface area contributed by atoms with Crippen molar-refractivity contribution in [1.29, 1.82) is 10.5 Å². The third-order valence-electron chi connectivity index (χ3n) is 3.78. The summed E-state index contributed by atoms with van der Waals surface area (Å²) >= 11 is 0. The molecular weight excluding hydrogens is 309 g/mol. The highest BCUT2D eigenvalue weighted by atomic mass is 19.1. The zero-order valence-electron chi connectivity index (χ0n) is 12.5. The van der Waals surface area contributed by atoms with Gasteiger partial charge in [0.25, 0.3) is 0 Å². The Balaban J connectivity index is 2.32. The fraction of sp³-hybridized carbons (Fsp3) is 0.0588. The van der Waals surface area contributed by atoms with E-state index in [-0.39, 0.29) is 33.6 Å². The standard InChI is InChI=1S/C17H10FN5O/c1-8-2-3-9(18)4-10(8)17(24)15-12(6-19)16-11(5-13(15)21)14(7-20)22-23-16/h2-5H,21H2,1H3,(H,22,23). The minimum Gasteiger partial charge on any atom is -0.398 e. The molecule has 0 spiro atoms. The zero-order valence-corrected chi connectivity index (χ0v) is 12.5. The number of halogens is 1. The number of carbonyl (C=O) groups is 1. The summed E-state index contributed by atoms with van der Waals surface area (Å²) in [4.78, 5) is 12.8. The molecule has 116 valence electrons. The molecule has 0 aliphatic heterocycles. The lowest BCUT2D eigenvalue weighted by Gasteiger charge is -2.10. The van der Waals surface area contributed by atoms with E-state index in [9.17, 15) is 14.4 Å². The van der Waals surface area contributed by atoms with Crippen LogP contribution in [0.1, 0.15) is 32.7 Å². The molecule has 3 aromatic rings. The van der Waals surface area contributed by atoms with Gasteiger partial charge >= 0.3 is 0 Å². The van der Waals surface area contributed by atoms with Crippen LogP contribution < -0.4 is 5.73 Å². The van der Waals surface area contributed by atoms with Crippen molar-refractivity contribution in [3.05, 3.63) is 58.0 Å². The first-order valence-corrected chi connectivity index (χ1v) is 6.89. The molecule has 0 unspecified atom stereocenters. The number of carbonyl (C=O) groups excluding carboxylic acids is 1. The molecule has 0 atom stereocenters. The number of fused-ring (bicyclic) bond motifs is 1. The maximum atomic E-state index is 13.5. The Morgan fingerprint density at radius 1 is 1.29 bits per heavy atom. The van der Waals surface area contributed by atoms with Crippen molar-refractivity contribution in [2.45, 2.75) is 6.92 Å². The van der Waals surface area contributed by atoms with Crippen molar-refractivity contribution >= 4 is 22.4 Å². The molecule has 0 radical (unpaired) electrons. The first-order chi connectivity index (χ1) is 11.5. The lowest BCUT2D eigenvalue weighted by molar-refractivity contribution is 0.103. The summed E-state index contributed by atoms with van der Waals surface area (Å²) in [5, 5.41) is 25.3. The zero-order chi connectivity index (χ0) is 17.4. The van der Waals surface area contributed by atoms with E-state index in [2.05, 4.69) is 10.2 Å². The molecule has 0 saturated carbocycles. The predicted octanol–water partition coefficient (Wildman–Crippen LogP) is 2.57. The smallest absolute Gasteiger partial charge is 0.196 e. The molecule has 2 aromatic carbocycles. The number of hydrogen-bond donors (Lipinski definition) is 2. The number of H-pyrrole nitrogens is 1. The number of aromatic amines is 1. The van der Waals surface area contributed by atoms with Crippen LogP contribution in [0, 0.1) is 35.4 Å². The van der Waals surface area contributed by atoms with Crippen LogP contribution in [0.5, 0.6) is 0 Å². The molecule has 0 amide bonds. The number of aryl methyl sites for hydroxylation is 1. The highest BCUT2D eigenvalue weighted by Gasteiger charge is 2.23. The van der Waals surface area contributed by atoms with Gasteiger partial charge in [-0.05, 0) is 30.7 Å². The topological polar surface area (TPSA) is 119 Å². The fourth-order valence-corrected chi connectivity index (χ4v) is 2.59. The van der Waals surface area contributed by atoms with Crippen LogP contribution in [-0.4, -0.2) is 16.0 Å². The maximum Gasteiger partial charge on any atom is 0.196 e. The SMILES string of the molecule is Cc1ccc(F)cc1C(=O)c1c(N)cc2c(C#N)n[nH]c2c1C#N. The third-order valence-corrected chi connectivity index (χ3v) is 3.78. The van der Waals surface area contributed by atoms with Crippen LogP contribution >= 0.6 is 0 Å². The van der Waals surface area contributed by atoms with Gasteiger partial charge in [-0.25, -0.2) is 4.39 Å². The summed E-state index contributed by atoms with van der Waals surface area (Å²) in [7, 11) is 0. The van der Waals surface area contributed by atoms with E-state index in [1.807, 2.05) is 12.1 Å². The maximum absolute atomic E-state index is 13.5. The van der Waals surface area contributed by atoms with Crippen molar-refractivity contribution in [1.82, 2.24) is 10.2 Å². The number of nitrogens with zero attached hydrogens (tertiary/aromatic N) is 3. The van der Waals surface area contributed by atoms with Crippen molar-refractivity contribution in [2.24, 2.45) is 0 Å². The van der Waals surface area contributed by atoms with Crippen molar-refractivity contribution in [2.75, 3.05) is 5.73 Å². The van der Waals surface area contributed by atoms with Gasteiger partial charge in [-0.3, -0.25) is 9.89 Å². The van der Waals surface area contributed by atoms with Crippen LogP contribution in [0.25, 0.3) is 10.9 Å². The largest absolute Gasteiger partial charge is 0.398 e. The Morgan fingerprint density at radius 3 is 2.71 bits per heavy atom. The highest BCUT2D eigenvalue weighted by Crippen LogP contribution is 2.30. The second-order valence-corrected chi connectivity index (χ2v) is 5.22. The Labute approximate surface area is 135 Å². The fourth-order valence-electron chi connectivity index (χ4n) is 2.59. The second-order valence-electron chi connectivity index (χ2n) is 5.22. The van der Waals surface area contributed by atoms with Crippen LogP contribution in [0.4, 0.5) is 10.1 Å². The second kappa shape index (κ2) is 5.49. The van der Waals surface area contributed by atoms with E-state index in [0.717, 1.165) is 6.07 Å². The number of ketones is 1. The van der Waals surface area contributed by atoms with E-state index in [1.165, 1.54) is 18.2 Å². The number of nitrogens with two attached hydrogens (primary N) is 1. The van der Waals surface area contributed by atoms with E-state index >= 15 is 0 Å². The average molecular weight is 319 g/mol. The lowest BCUT2D eigenvalue weighted by Crippen LogP contribution is -2.10. The molecule has 0 bridgehead atoms. The molecule has 6 nitrogen and oxygen atoms in total. The molecule has 1 aromatic heterocycles. The predicted molar refractivity (Wildman–Crippen MR) is 84.5 cm³/mol. The van der Waals surface area contributed by atoms with E-state index < -0.39 is 11.6 Å². The summed E-state index contributed by atoms with van der Waals surface area (Å²) < 4.78 is 13.5. The number of hydrogen-bond acceptors (Lipinski definition) is 5. The summed E-state index contributed by atoms with van der Waals surface area (Å²) in [6.45, 7) is 1.66. The van der Waals surface area contributed by atoms with Crippen molar-refractivity contribution in [3.63, 3.8) is 0 Å². The summed E-state index contributed by atoms with van der Waals surface area (Å²) in [6.07, 6.45) is 0. The molecule has 24 heavy (non-hydrogen) atoms. The van der Waals surface area contributed by atoms with Gasteiger partial charge in [0.05, 0.1) is 16.6 Å². The third kappa shape index (κ3) is 2.16. The Hall–Kier alpha value is -3.71. The van der Waals surface area contributed by atoms with Gasteiger partial charge in [0.2, 0.25) is 0 Å². The first kappa shape index (κ1) is 15.2. The summed E-state index contributed by atoms with van der Waals surface area (Å²) in [5.41, 5.74) is 6.95. The lowest BCUT2D eigenvalue weighted by atomic mass is 9.92. The minimum absolute atomic E-state index is 0.0207. The number of anilines is 1. The Bertz CT molecular complexity index is 1090. The summed E-state index contributed by atoms with van der Waals surface area (Å²) in [5.74, 6) is -1.12. The minimum atomic E-state index is -0.560. The van der Waals surface area contributed by atoms with E-state index in [0.29, 0.717) is 10.9 Å². The van der Waals surface area contributed by atoms with Crippen LogP contribution in [0.3, 0.4) is 0 Å². The average Bonchev–Trinajstić information content (AvgIpc) is 2.97. The van der Waals surface area contributed by atoms with Crippen molar-refractivity contribution in [3.8, 4) is 12.1 Å². The molecule has 1 heterocycles. The Morgan fingerprint density at radius 2 is 2.04 bits per heavy atom. The van der Waals surface area contributed by atoms with Gasteiger partial charge in [0.15, 0.2) is 11.5 Å². The monoisotopic (exact) mass is 319 g/mol. The summed E-state index contributed by atoms with van der Waals surface area (Å²) in [6, 6.07) is 9.06. The molecule has 3 rings (SSSR count). The molecular formula is C17H10FN5O. The van der Waals surface area contributed by atoms with Crippen LogP contribution in [0.15, 0.2) is 24.3 Å². The number of rotatable bonds is 2. The quantitative estimate of drug-likeness (QED) is 0.555. The number of nitriles is 2. The van der Waals surface area contributed by atoms with Crippen molar-refractivity contribution < 1.29 is 9.18 Å². The van der Waals surface area contributed by atoms with Gasteiger partial charge in [0.1, 0.15) is 18.0 Å². The van der Waals surface area contributed by atoms with Crippen LogP contribution in [-0.2, 0) is 0 Å².